The van der Waals surface area contributed by atoms with E-state index >= 15 is 0 Å². The SMILES string of the molecule is COC(=O)c1ccc(/C=N\NC(=O)c2cccc(S(=O)(=O)N3CCCC3)c2)cc1. The van der Waals surface area contributed by atoms with Crippen LogP contribution < -0.4 is 5.43 Å². The number of hydrazone groups is 1. The third kappa shape index (κ3) is 4.87. The molecule has 0 spiro atoms. The average Bonchev–Trinajstić information content (AvgIpc) is 3.29. The Morgan fingerprint density at radius 3 is 2.41 bits per heavy atom. The van der Waals surface area contributed by atoms with Crippen LogP contribution in [0, 0.1) is 0 Å². The van der Waals surface area contributed by atoms with Crippen molar-refractivity contribution >= 4 is 28.1 Å². The zero-order valence-electron chi connectivity index (χ0n) is 15.9. The molecule has 0 aliphatic carbocycles. The van der Waals surface area contributed by atoms with Crippen LogP contribution in [-0.2, 0) is 14.8 Å². The maximum Gasteiger partial charge on any atom is 0.337 e. The molecule has 0 radical (unpaired) electrons. The van der Waals surface area contributed by atoms with E-state index in [1.165, 1.54) is 41.9 Å². The highest BCUT2D eigenvalue weighted by Crippen LogP contribution is 2.21. The van der Waals surface area contributed by atoms with E-state index in [9.17, 15) is 18.0 Å². The molecule has 1 aliphatic heterocycles. The lowest BCUT2D eigenvalue weighted by Crippen LogP contribution is -2.28. The second-order valence-corrected chi connectivity index (χ2v) is 8.39. The number of carbonyl (C=O) groups excluding carboxylic acids is 2. The number of esters is 1. The Hall–Kier alpha value is -3.04. The molecule has 1 N–H and O–H groups in total. The van der Waals surface area contributed by atoms with Crippen LogP contribution in [0.5, 0.6) is 0 Å². The summed E-state index contributed by atoms with van der Waals surface area (Å²) in [6, 6.07) is 12.4. The summed E-state index contributed by atoms with van der Waals surface area (Å²) in [5, 5.41) is 3.88. The fourth-order valence-electron chi connectivity index (χ4n) is 2.93. The molecule has 0 saturated carbocycles. The maximum absolute atomic E-state index is 12.6. The quantitative estimate of drug-likeness (QED) is 0.441. The maximum atomic E-state index is 12.6. The molecule has 2 aromatic rings. The number of benzene rings is 2. The van der Waals surface area contributed by atoms with Crippen LogP contribution in [0.15, 0.2) is 58.5 Å². The van der Waals surface area contributed by atoms with Gasteiger partial charge in [-0.3, -0.25) is 4.79 Å². The Labute approximate surface area is 169 Å². The molecule has 9 heteroatoms. The number of hydrogen-bond donors (Lipinski definition) is 1. The van der Waals surface area contributed by atoms with Crippen molar-refractivity contribution in [3.8, 4) is 0 Å². The first-order valence-electron chi connectivity index (χ1n) is 9.04. The van der Waals surface area contributed by atoms with E-state index in [1.54, 1.807) is 24.3 Å². The van der Waals surface area contributed by atoms with E-state index in [4.69, 9.17) is 0 Å². The zero-order valence-corrected chi connectivity index (χ0v) is 16.7. The standard InChI is InChI=1S/C20H21N3O5S/c1-28-20(25)16-9-7-15(8-10-16)14-21-22-19(24)17-5-4-6-18(13-17)29(26,27)23-11-2-3-12-23/h4-10,13-14H,2-3,11-12H2,1H3,(H,22,24)/b21-14-. The number of carbonyl (C=O) groups is 2. The van der Waals surface area contributed by atoms with Gasteiger partial charge in [-0.15, -0.1) is 0 Å². The number of ether oxygens (including phenoxy) is 1. The molecule has 1 fully saturated rings. The summed E-state index contributed by atoms with van der Waals surface area (Å²) in [7, 11) is -2.29. The van der Waals surface area contributed by atoms with Crippen LogP contribution in [0.1, 0.15) is 39.1 Å². The lowest BCUT2D eigenvalue weighted by atomic mass is 10.1. The van der Waals surface area contributed by atoms with E-state index in [0.29, 0.717) is 24.2 Å². The van der Waals surface area contributed by atoms with Crippen molar-refractivity contribution in [2.24, 2.45) is 5.10 Å². The number of amides is 1. The average molecular weight is 415 g/mol. The Kier molecular flexibility index (Phi) is 6.40. The molecule has 8 nitrogen and oxygen atoms in total. The Bertz CT molecular complexity index is 1030. The largest absolute Gasteiger partial charge is 0.465 e. The highest BCUT2D eigenvalue weighted by Gasteiger charge is 2.27. The highest BCUT2D eigenvalue weighted by molar-refractivity contribution is 7.89. The lowest BCUT2D eigenvalue weighted by molar-refractivity contribution is 0.0600. The summed E-state index contributed by atoms with van der Waals surface area (Å²) >= 11 is 0. The van der Waals surface area contributed by atoms with Gasteiger partial charge in [0.15, 0.2) is 0 Å². The molecule has 1 saturated heterocycles. The Morgan fingerprint density at radius 1 is 1.07 bits per heavy atom. The predicted molar refractivity (Wildman–Crippen MR) is 107 cm³/mol. The summed E-state index contributed by atoms with van der Waals surface area (Å²) in [6.07, 6.45) is 3.10. The van der Waals surface area contributed by atoms with Gasteiger partial charge in [0.1, 0.15) is 0 Å². The van der Waals surface area contributed by atoms with E-state index in [-0.39, 0.29) is 10.5 Å². The third-order valence-corrected chi connectivity index (χ3v) is 6.41. The molecule has 1 heterocycles. The van der Waals surface area contributed by atoms with Crippen LogP contribution in [0.4, 0.5) is 0 Å². The van der Waals surface area contributed by atoms with Crippen molar-refractivity contribution in [3.05, 3.63) is 65.2 Å². The van der Waals surface area contributed by atoms with Crippen molar-refractivity contribution in [1.82, 2.24) is 9.73 Å². The van der Waals surface area contributed by atoms with E-state index in [2.05, 4.69) is 15.3 Å². The monoisotopic (exact) mass is 415 g/mol. The van der Waals surface area contributed by atoms with Crippen LogP contribution in [-0.4, -0.2) is 51.0 Å². The van der Waals surface area contributed by atoms with Gasteiger partial charge in [-0.2, -0.15) is 9.41 Å². The van der Waals surface area contributed by atoms with Crippen molar-refractivity contribution in [2.75, 3.05) is 20.2 Å². The first kappa shape index (κ1) is 20.7. The minimum atomic E-state index is -3.59. The zero-order chi connectivity index (χ0) is 20.9. The summed E-state index contributed by atoms with van der Waals surface area (Å²) < 4.78 is 31.3. The minimum absolute atomic E-state index is 0.0921. The molecular formula is C20H21N3O5S. The van der Waals surface area contributed by atoms with Crippen molar-refractivity contribution < 1.29 is 22.7 Å². The summed E-state index contributed by atoms with van der Waals surface area (Å²) in [5.74, 6) is -0.962. The second kappa shape index (κ2) is 8.97. The van der Waals surface area contributed by atoms with E-state index in [1.807, 2.05) is 0 Å². The topological polar surface area (TPSA) is 105 Å². The van der Waals surface area contributed by atoms with E-state index in [0.717, 1.165) is 12.8 Å². The third-order valence-electron chi connectivity index (χ3n) is 4.51. The molecule has 1 amide bonds. The van der Waals surface area contributed by atoms with Gasteiger partial charge in [-0.1, -0.05) is 18.2 Å². The number of sulfonamides is 1. The van der Waals surface area contributed by atoms with Crippen molar-refractivity contribution in [2.45, 2.75) is 17.7 Å². The number of rotatable bonds is 6. The molecule has 152 valence electrons. The van der Waals surface area contributed by atoms with Gasteiger partial charge in [0.2, 0.25) is 10.0 Å². The lowest BCUT2D eigenvalue weighted by Gasteiger charge is -2.15. The number of methoxy groups -OCH3 is 1. The van der Waals surface area contributed by atoms with Crippen LogP contribution >= 0.6 is 0 Å². The fraction of sp³-hybridized carbons (Fsp3) is 0.250. The number of hydrogen-bond acceptors (Lipinski definition) is 6. The molecule has 0 aromatic heterocycles. The molecule has 0 unspecified atom stereocenters. The van der Waals surface area contributed by atoms with E-state index < -0.39 is 21.9 Å². The van der Waals surface area contributed by atoms with Gasteiger partial charge in [-0.05, 0) is 48.7 Å². The normalized spacial score (nSPS) is 14.8. The summed E-state index contributed by atoms with van der Waals surface area (Å²) in [4.78, 5) is 23.8. The molecule has 0 atom stereocenters. The summed E-state index contributed by atoms with van der Waals surface area (Å²) in [6.45, 7) is 0.996. The number of nitrogens with zero attached hydrogens (tertiary/aromatic N) is 2. The van der Waals surface area contributed by atoms with Crippen LogP contribution in [0.25, 0.3) is 0 Å². The Balaban J connectivity index is 1.66. The van der Waals surface area contributed by atoms with Crippen LogP contribution in [0.2, 0.25) is 0 Å². The molecule has 2 aromatic carbocycles. The van der Waals surface area contributed by atoms with Gasteiger partial charge in [0, 0.05) is 18.7 Å². The highest BCUT2D eigenvalue weighted by atomic mass is 32.2. The van der Waals surface area contributed by atoms with Crippen molar-refractivity contribution in [1.29, 1.82) is 0 Å². The van der Waals surface area contributed by atoms with Crippen molar-refractivity contribution in [3.63, 3.8) is 0 Å². The second-order valence-electron chi connectivity index (χ2n) is 6.45. The smallest absolute Gasteiger partial charge is 0.337 e. The van der Waals surface area contributed by atoms with Gasteiger partial charge >= 0.3 is 5.97 Å². The van der Waals surface area contributed by atoms with Gasteiger partial charge in [0.25, 0.3) is 5.91 Å². The summed E-state index contributed by atoms with van der Waals surface area (Å²) in [5.41, 5.74) is 3.65. The van der Waals surface area contributed by atoms with Gasteiger partial charge in [-0.25, -0.2) is 18.6 Å². The predicted octanol–water partition coefficient (Wildman–Crippen LogP) is 2.02. The first-order chi connectivity index (χ1) is 13.9. The first-order valence-corrected chi connectivity index (χ1v) is 10.5. The molecule has 0 bridgehead atoms. The fourth-order valence-corrected chi connectivity index (χ4v) is 4.49. The molecule has 29 heavy (non-hydrogen) atoms. The minimum Gasteiger partial charge on any atom is -0.465 e. The van der Waals surface area contributed by atoms with Gasteiger partial charge in [0.05, 0.1) is 23.8 Å². The van der Waals surface area contributed by atoms with Gasteiger partial charge < -0.3 is 4.74 Å². The molecule has 3 rings (SSSR count). The van der Waals surface area contributed by atoms with Crippen LogP contribution in [0.3, 0.4) is 0 Å². The molecular weight excluding hydrogens is 394 g/mol. The Morgan fingerprint density at radius 2 is 1.76 bits per heavy atom. The molecule has 1 aliphatic rings. The number of nitrogens with one attached hydrogen (secondary N) is 1.